The van der Waals surface area contributed by atoms with Gasteiger partial charge in [-0.2, -0.15) is 0 Å². The van der Waals surface area contributed by atoms with Crippen LogP contribution in [0, 0.1) is 0 Å². The molecule has 1 atom stereocenters. The van der Waals surface area contributed by atoms with Crippen molar-refractivity contribution in [3.63, 3.8) is 0 Å². The highest BCUT2D eigenvalue weighted by atomic mass is 16.2. The summed E-state index contributed by atoms with van der Waals surface area (Å²) >= 11 is 0. The second kappa shape index (κ2) is 6.27. The molecule has 1 aliphatic heterocycles. The molecule has 6 heteroatoms. The molecule has 0 spiro atoms. The number of hydrogen-bond acceptors (Lipinski definition) is 4. The van der Waals surface area contributed by atoms with E-state index in [1.165, 1.54) is 0 Å². The summed E-state index contributed by atoms with van der Waals surface area (Å²) < 4.78 is 0. The highest BCUT2D eigenvalue weighted by molar-refractivity contribution is 6.03. The lowest BCUT2D eigenvalue weighted by Gasteiger charge is -2.36. The van der Waals surface area contributed by atoms with Gasteiger partial charge in [0, 0.05) is 18.7 Å². The standard InChI is InChI=1S/C16H21N3O3/c1-3-6-16(2,15(22)18-10-20)19-9-12-7-11(8-17)4-5-13(12)14(19)21/h4-5,7,10H,3,6,8-9,17H2,1-2H3,(H,18,20,22). The van der Waals surface area contributed by atoms with Gasteiger partial charge in [0.1, 0.15) is 5.54 Å². The zero-order valence-electron chi connectivity index (χ0n) is 12.9. The van der Waals surface area contributed by atoms with Gasteiger partial charge in [-0.3, -0.25) is 19.7 Å². The van der Waals surface area contributed by atoms with Gasteiger partial charge in [-0.15, -0.1) is 0 Å². The summed E-state index contributed by atoms with van der Waals surface area (Å²) in [5.41, 5.74) is 7.00. The average Bonchev–Trinajstić information content (AvgIpc) is 2.84. The first-order chi connectivity index (χ1) is 10.5. The van der Waals surface area contributed by atoms with Gasteiger partial charge in [0.15, 0.2) is 0 Å². The maximum absolute atomic E-state index is 12.7. The van der Waals surface area contributed by atoms with E-state index >= 15 is 0 Å². The molecule has 2 rings (SSSR count). The molecule has 1 aromatic carbocycles. The minimum absolute atomic E-state index is 0.185. The van der Waals surface area contributed by atoms with Gasteiger partial charge in [-0.1, -0.05) is 25.5 Å². The summed E-state index contributed by atoms with van der Waals surface area (Å²) in [6.07, 6.45) is 1.56. The van der Waals surface area contributed by atoms with E-state index < -0.39 is 11.4 Å². The number of benzene rings is 1. The highest BCUT2D eigenvalue weighted by Crippen LogP contribution is 2.33. The topological polar surface area (TPSA) is 92.5 Å². The van der Waals surface area contributed by atoms with Crippen molar-refractivity contribution in [1.29, 1.82) is 0 Å². The van der Waals surface area contributed by atoms with E-state index in [-0.39, 0.29) is 5.91 Å². The Bertz CT molecular complexity index is 615. The molecule has 0 saturated heterocycles. The first-order valence-corrected chi connectivity index (χ1v) is 7.36. The van der Waals surface area contributed by atoms with Crippen LogP contribution >= 0.6 is 0 Å². The zero-order chi connectivity index (χ0) is 16.3. The van der Waals surface area contributed by atoms with Crippen LogP contribution in [0.25, 0.3) is 0 Å². The maximum atomic E-state index is 12.7. The molecular formula is C16H21N3O3. The number of nitrogens with two attached hydrogens (primary N) is 1. The number of fused-ring (bicyclic) bond motifs is 1. The van der Waals surface area contributed by atoms with Crippen molar-refractivity contribution >= 4 is 18.2 Å². The molecule has 1 heterocycles. The van der Waals surface area contributed by atoms with Crippen LogP contribution in [0.15, 0.2) is 18.2 Å². The first kappa shape index (κ1) is 16.2. The number of amides is 3. The molecule has 0 fully saturated rings. The van der Waals surface area contributed by atoms with Crippen molar-refractivity contribution in [3.05, 3.63) is 34.9 Å². The average molecular weight is 303 g/mol. The Kier molecular flexibility index (Phi) is 4.61. The monoisotopic (exact) mass is 303 g/mol. The van der Waals surface area contributed by atoms with Crippen LogP contribution in [0.1, 0.15) is 48.2 Å². The van der Waals surface area contributed by atoms with Crippen LogP contribution in [0.4, 0.5) is 0 Å². The Morgan fingerprint density at radius 1 is 1.50 bits per heavy atom. The second-order valence-electron chi connectivity index (χ2n) is 5.70. The quantitative estimate of drug-likeness (QED) is 0.765. The molecule has 6 nitrogen and oxygen atoms in total. The summed E-state index contributed by atoms with van der Waals surface area (Å²) in [6, 6.07) is 5.48. The fourth-order valence-electron chi connectivity index (χ4n) is 2.97. The van der Waals surface area contributed by atoms with Crippen LogP contribution < -0.4 is 11.1 Å². The summed E-state index contributed by atoms with van der Waals surface area (Å²) in [5.74, 6) is -0.639. The molecular weight excluding hydrogens is 282 g/mol. The summed E-state index contributed by atoms with van der Waals surface area (Å²) in [7, 11) is 0. The van der Waals surface area contributed by atoms with Gasteiger partial charge in [-0.25, -0.2) is 0 Å². The highest BCUT2D eigenvalue weighted by Gasteiger charge is 2.45. The Hall–Kier alpha value is -2.21. The fraction of sp³-hybridized carbons (Fsp3) is 0.438. The van der Waals surface area contributed by atoms with Crippen molar-refractivity contribution in [2.24, 2.45) is 5.73 Å². The molecule has 0 bridgehead atoms. The molecule has 0 aromatic heterocycles. The van der Waals surface area contributed by atoms with Gasteiger partial charge in [0.25, 0.3) is 11.8 Å². The number of nitrogens with one attached hydrogen (secondary N) is 1. The van der Waals surface area contributed by atoms with Gasteiger partial charge in [-0.05, 0) is 30.5 Å². The predicted octanol–water partition coefficient (Wildman–Crippen LogP) is 0.932. The normalized spacial score (nSPS) is 16.1. The maximum Gasteiger partial charge on any atom is 0.255 e. The fourth-order valence-corrected chi connectivity index (χ4v) is 2.97. The molecule has 0 aliphatic carbocycles. The first-order valence-electron chi connectivity index (χ1n) is 7.36. The van der Waals surface area contributed by atoms with E-state index in [1.54, 1.807) is 17.9 Å². The molecule has 3 N–H and O–H groups in total. The van der Waals surface area contributed by atoms with Crippen LogP contribution in [0.3, 0.4) is 0 Å². The van der Waals surface area contributed by atoms with E-state index in [0.717, 1.165) is 17.5 Å². The van der Waals surface area contributed by atoms with Crippen molar-refractivity contribution in [2.45, 2.75) is 45.3 Å². The summed E-state index contributed by atoms with van der Waals surface area (Å²) in [6.45, 7) is 4.39. The zero-order valence-corrected chi connectivity index (χ0v) is 12.9. The van der Waals surface area contributed by atoms with Crippen molar-refractivity contribution < 1.29 is 14.4 Å². The van der Waals surface area contributed by atoms with Crippen LogP contribution in [-0.2, 0) is 22.7 Å². The number of hydrogen-bond donors (Lipinski definition) is 2. The van der Waals surface area contributed by atoms with Crippen LogP contribution in [0.2, 0.25) is 0 Å². The van der Waals surface area contributed by atoms with Crippen molar-refractivity contribution in [1.82, 2.24) is 10.2 Å². The molecule has 0 saturated carbocycles. The third-order valence-electron chi connectivity index (χ3n) is 4.22. The number of imide groups is 1. The molecule has 22 heavy (non-hydrogen) atoms. The number of carbonyl (C=O) groups excluding carboxylic acids is 3. The van der Waals surface area contributed by atoms with Gasteiger partial charge in [0.05, 0.1) is 0 Å². The van der Waals surface area contributed by atoms with Crippen LogP contribution in [0.5, 0.6) is 0 Å². The lowest BCUT2D eigenvalue weighted by molar-refractivity contribution is -0.134. The molecule has 118 valence electrons. The van der Waals surface area contributed by atoms with E-state index in [9.17, 15) is 14.4 Å². The Morgan fingerprint density at radius 3 is 2.82 bits per heavy atom. The second-order valence-corrected chi connectivity index (χ2v) is 5.70. The molecule has 3 amide bonds. The predicted molar refractivity (Wildman–Crippen MR) is 81.7 cm³/mol. The molecule has 1 aromatic rings. The largest absolute Gasteiger partial charge is 0.326 e. The minimum atomic E-state index is -1.05. The molecule has 0 radical (unpaired) electrons. The number of rotatable bonds is 6. The lowest BCUT2D eigenvalue weighted by Crippen LogP contribution is -2.56. The lowest BCUT2D eigenvalue weighted by atomic mass is 9.92. The van der Waals surface area contributed by atoms with E-state index in [1.807, 2.05) is 19.1 Å². The van der Waals surface area contributed by atoms with E-state index in [0.29, 0.717) is 31.5 Å². The summed E-state index contributed by atoms with van der Waals surface area (Å²) in [4.78, 5) is 37.1. The van der Waals surface area contributed by atoms with Gasteiger partial charge in [0.2, 0.25) is 6.41 Å². The SMILES string of the molecule is CCCC(C)(C(=O)NC=O)N1Cc2cc(CN)ccc2C1=O. The minimum Gasteiger partial charge on any atom is -0.326 e. The Morgan fingerprint density at radius 2 is 2.23 bits per heavy atom. The van der Waals surface area contributed by atoms with Crippen LogP contribution in [-0.4, -0.2) is 28.7 Å². The van der Waals surface area contributed by atoms with Gasteiger partial charge >= 0.3 is 0 Å². The third-order valence-corrected chi connectivity index (χ3v) is 4.22. The Labute approximate surface area is 129 Å². The third kappa shape index (κ3) is 2.62. The van der Waals surface area contributed by atoms with Gasteiger partial charge < -0.3 is 10.6 Å². The van der Waals surface area contributed by atoms with Crippen molar-refractivity contribution in [3.8, 4) is 0 Å². The number of carbonyl (C=O) groups is 3. The van der Waals surface area contributed by atoms with Crippen molar-refractivity contribution in [2.75, 3.05) is 0 Å². The Balaban J connectivity index is 2.37. The van der Waals surface area contributed by atoms with E-state index in [4.69, 9.17) is 5.73 Å². The smallest absolute Gasteiger partial charge is 0.255 e. The summed E-state index contributed by atoms with van der Waals surface area (Å²) in [5, 5.41) is 2.18. The number of nitrogens with zero attached hydrogens (tertiary/aromatic N) is 1. The van der Waals surface area contributed by atoms with E-state index in [2.05, 4.69) is 5.32 Å². The molecule has 1 aliphatic rings. The molecule has 1 unspecified atom stereocenters.